The third-order valence-corrected chi connectivity index (χ3v) is 4.53. The van der Waals surface area contributed by atoms with E-state index in [1.165, 1.54) is 11.3 Å². The fraction of sp³-hybridized carbons (Fsp3) is 0.750. The lowest BCUT2D eigenvalue weighted by atomic mass is 9.64. The molecule has 96 valence electrons. The van der Waals surface area contributed by atoms with Crippen molar-refractivity contribution in [3.63, 3.8) is 0 Å². The Kier molecular flexibility index (Phi) is 3.70. The molecule has 1 aromatic rings. The number of nitrogens with one attached hydrogen (secondary N) is 1. The van der Waals surface area contributed by atoms with Crippen LogP contribution in [0, 0.1) is 5.41 Å². The molecule has 2 atom stereocenters. The Balaban J connectivity index is 1.73. The molecule has 1 aromatic heterocycles. The van der Waals surface area contributed by atoms with Gasteiger partial charge in [0.05, 0.1) is 11.8 Å². The Morgan fingerprint density at radius 3 is 2.94 bits per heavy atom. The van der Waals surface area contributed by atoms with Gasteiger partial charge in [0.15, 0.2) is 5.13 Å². The van der Waals surface area contributed by atoms with Gasteiger partial charge in [0.25, 0.3) is 0 Å². The van der Waals surface area contributed by atoms with Crippen molar-refractivity contribution in [2.24, 2.45) is 5.41 Å². The van der Waals surface area contributed by atoms with E-state index in [0.29, 0.717) is 17.3 Å². The standard InChI is InChI=1S/C12H21N3OS/c1-12(2)9(6-10(12)16-3)14-5-4-8-7-17-11(13)15-8/h7,9-10,14H,4-6H2,1-3H3,(H2,13,15). The maximum atomic E-state index is 5.60. The lowest BCUT2D eigenvalue weighted by Gasteiger charge is -2.51. The van der Waals surface area contributed by atoms with Crippen LogP contribution in [0.5, 0.6) is 0 Å². The third kappa shape index (κ3) is 2.61. The SMILES string of the molecule is COC1CC(NCCc2csc(N)n2)C1(C)C. The van der Waals surface area contributed by atoms with Gasteiger partial charge in [0, 0.05) is 36.9 Å². The monoisotopic (exact) mass is 255 g/mol. The van der Waals surface area contributed by atoms with Gasteiger partial charge < -0.3 is 15.8 Å². The Morgan fingerprint density at radius 2 is 2.41 bits per heavy atom. The molecule has 0 aromatic carbocycles. The smallest absolute Gasteiger partial charge is 0.180 e. The van der Waals surface area contributed by atoms with Crippen molar-refractivity contribution in [2.45, 2.75) is 38.8 Å². The van der Waals surface area contributed by atoms with Crippen molar-refractivity contribution in [2.75, 3.05) is 19.4 Å². The van der Waals surface area contributed by atoms with Crippen LogP contribution >= 0.6 is 11.3 Å². The molecule has 1 aliphatic carbocycles. The van der Waals surface area contributed by atoms with E-state index in [-0.39, 0.29) is 5.41 Å². The summed E-state index contributed by atoms with van der Waals surface area (Å²) in [6.07, 6.45) is 2.43. The maximum Gasteiger partial charge on any atom is 0.180 e. The highest BCUT2D eigenvalue weighted by Gasteiger charge is 2.47. The van der Waals surface area contributed by atoms with E-state index in [1.54, 1.807) is 7.11 Å². The van der Waals surface area contributed by atoms with Crippen LogP contribution in [0.2, 0.25) is 0 Å². The average Bonchev–Trinajstić information content (AvgIpc) is 2.68. The summed E-state index contributed by atoms with van der Waals surface area (Å²) in [7, 11) is 1.79. The van der Waals surface area contributed by atoms with Gasteiger partial charge in [-0.3, -0.25) is 0 Å². The van der Waals surface area contributed by atoms with Crippen LogP contribution in [-0.2, 0) is 11.2 Å². The highest BCUT2D eigenvalue weighted by Crippen LogP contribution is 2.42. The predicted molar refractivity (Wildman–Crippen MR) is 71.2 cm³/mol. The molecule has 1 aliphatic rings. The van der Waals surface area contributed by atoms with Gasteiger partial charge in [-0.05, 0) is 6.42 Å². The molecule has 4 nitrogen and oxygen atoms in total. The van der Waals surface area contributed by atoms with Gasteiger partial charge in [-0.2, -0.15) is 0 Å². The fourth-order valence-corrected chi connectivity index (χ4v) is 3.04. The number of hydrogen-bond acceptors (Lipinski definition) is 5. The van der Waals surface area contributed by atoms with Crippen LogP contribution in [0.1, 0.15) is 26.0 Å². The first kappa shape index (κ1) is 12.8. The summed E-state index contributed by atoms with van der Waals surface area (Å²) in [4.78, 5) is 4.25. The number of methoxy groups -OCH3 is 1. The Morgan fingerprint density at radius 1 is 1.65 bits per heavy atom. The minimum Gasteiger partial charge on any atom is -0.381 e. The van der Waals surface area contributed by atoms with Gasteiger partial charge in [0.2, 0.25) is 0 Å². The van der Waals surface area contributed by atoms with Crippen molar-refractivity contribution >= 4 is 16.5 Å². The van der Waals surface area contributed by atoms with E-state index in [9.17, 15) is 0 Å². The zero-order valence-electron chi connectivity index (χ0n) is 10.7. The number of anilines is 1. The normalized spacial score (nSPS) is 26.8. The highest BCUT2D eigenvalue weighted by atomic mass is 32.1. The molecule has 0 bridgehead atoms. The van der Waals surface area contributed by atoms with Crippen molar-refractivity contribution in [3.8, 4) is 0 Å². The van der Waals surface area contributed by atoms with Gasteiger partial charge >= 0.3 is 0 Å². The summed E-state index contributed by atoms with van der Waals surface area (Å²) >= 11 is 1.51. The van der Waals surface area contributed by atoms with Crippen molar-refractivity contribution in [3.05, 3.63) is 11.1 Å². The summed E-state index contributed by atoms with van der Waals surface area (Å²) in [6, 6.07) is 0.545. The van der Waals surface area contributed by atoms with Crippen LogP contribution in [0.4, 0.5) is 5.13 Å². The van der Waals surface area contributed by atoms with Gasteiger partial charge in [-0.25, -0.2) is 4.98 Å². The van der Waals surface area contributed by atoms with E-state index in [4.69, 9.17) is 10.5 Å². The molecule has 3 N–H and O–H groups in total. The van der Waals surface area contributed by atoms with Crippen LogP contribution < -0.4 is 11.1 Å². The van der Waals surface area contributed by atoms with E-state index in [2.05, 4.69) is 24.1 Å². The molecule has 1 saturated carbocycles. The number of rotatable bonds is 5. The largest absolute Gasteiger partial charge is 0.381 e. The Hall–Kier alpha value is -0.650. The number of nitrogen functional groups attached to an aromatic ring is 1. The summed E-state index contributed by atoms with van der Waals surface area (Å²) < 4.78 is 5.43. The average molecular weight is 255 g/mol. The molecular weight excluding hydrogens is 234 g/mol. The minimum absolute atomic E-state index is 0.232. The molecule has 2 rings (SSSR count). The quantitative estimate of drug-likeness (QED) is 0.840. The first-order valence-corrected chi connectivity index (χ1v) is 6.88. The molecule has 0 aliphatic heterocycles. The topological polar surface area (TPSA) is 60.2 Å². The van der Waals surface area contributed by atoms with E-state index in [1.807, 2.05) is 5.38 Å². The number of aromatic nitrogens is 1. The molecule has 5 heteroatoms. The fourth-order valence-electron chi connectivity index (χ4n) is 2.44. The van der Waals surface area contributed by atoms with E-state index >= 15 is 0 Å². The van der Waals surface area contributed by atoms with Gasteiger partial charge in [-0.1, -0.05) is 13.8 Å². The number of thiazole rings is 1. The molecular formula is C12H21N3OS. The Bertz CT molecular complexity index is 378. The number of nitrogens with two attached hydrogens (primary N) is 1. The second-order valence-electron chi connectivity index (χ2n) is 5.22. The lowest BCUT2D eigenvalue weighted by Crippen LogP contribution is -2.60. The molecule has 0 radical (unpaired) electrons. The Labute approximate surface area is 107 Å². The van der Waals surface area contributed by atoms with E-state index in [0.717, 1.165) is 25.1 Å². The number of hydrogen-bond donors (Lipinski definition) is 2. The third-order valence-electron chi connectivity index (χ3n) is 3.80. The van der Waals surface area contributed by atoms with Crippen LogP contribution in [0.3, 0.4) is 0 Å². The second kappa shape index (κ2) is 4.92. The minimum atomic E-state index is 0.232. The molecule has 0 amide bonds. The predicted octanol–water partition coefficient (Wildman–Crippen LogP) is 1.67. The zero-order chi connectivity index (χ0) is 12.5. The number of ether oxygens (including phenoxy) is 1. The van der Waals surface area contributed by atoms with Crippen molar-refractivity contribution < 1.29 is 4.74 Å². The van der Waals surface area contributed by atoms with Gasteiger partial charge in [0.1, 0.15) is 0 Å². The summed E-state index contributed by atoms with van der Waals surface area (Å²) in [6.45, 7) is 5.46. The molecule has 1 fully saturated rings. The molecule has 0 spiro atoms. The van der Waals surface area contributed by atoms with Crippen molar-refractivity contribution in [1.29, 1.82) is 0 Å². The first-order chi connectivity index (χ1) is 8.04. The summed E-state index contributed by atoms with van der Waals surface area (Å²) in [5.41, 5.74) is 6.91. The maximum absolute atomic E-state index is 5.60. The lowest BCUT2D eigenvalue weighted by molar-refractivity contribution is -0.0971. The van der Waals surface area contributed by atoms with Gasteiger partial charge in [-0.15, -0.1) is 11.3 Å². The molecule has 1 heterocycles. The molecule has 17 heavy (non-hydrogen) atoms. The second-order valence-corrected chi connectivity index (χ2v) is 6.10. The van der Waals surface area contributed by atoms with Crippen LogP contribution in [0.25, 0.3) is 0 Å². The van der Waals surface area contributed by atoms with E-state index < -0.39 is 0 Å². The zero-order valence-corrected chi connectivity index (χ0v) is 11.5. The summed E-state index contributed by atoms with van der Waals surface area (Å²) in [5.74, 6) is 0. The number of nitrogens with zero attached hydrogens (tertiary/aromatic N) is 1. The highest BCUT2D eigenvalue weighted by molar-refractivity contribution is 7.13. The van der Waals surface area contributed by atoms with Crippen LogP contribution in [0.15, 0.2) is 5.38 Å². The summed E-state index contributed by atoms with van der Waals surface area (Å²) in [5, 5.41) is 6.26. The first-order valence-electron chi connectivity index (χ1n) is 6.00. The van der Waals surface area contributed by atoms with Crippen LogP contribution in [-0.4, -0.2) is 30.8 Å². The van der Waals surface area contributed by atoms with Crippen molar-refractivity contribution in [1.82, 2.24) is 10.3 Å². The molecule has 0 saturated heterocycles. The molecule has 2 unspecified atom stereocenters.